The predicted molar refractivity (Wildman–Crippen MR) is 86.3 cm³/mol. The Balaban J connectivity index is 0.000000403. The SMILES string of the molecule is COc1cccc(C=[OH+])c1[OH2+].COc1cccc(C=[OH+])c1[OH2+].[Ni]. The summed E-state index contributed by atoms with van der Waals surface area (Å²) < 4.78 is 9.74. The molecule has 0 aliphatic carbocycles. The van der Waals surface area contributed by atoms with Gasteiger partial charge >= 0.3 is 24.1 Å². The van der Waals surface area contributed by atoms with Gasteiger partial charge in [-0.2, -0.15) is 0 Å². The fourth-order valence-corrected chi connectivity index (χ4v) is 1.65. The summed E-state index contributed by atoms with van der Waals surface area (Å²) in [6, 6.07) is 10.1. The van der Waals surface area contributed by atoms with E-state index in [4.69, 9.17) is 29.3 Å². The monoisotopic (exact) mass is 366 g/mol. The molecular formula is C16H20NiO6+4. The third-order valence-corrected chi connectivity index (χ3v) is 2.83. The Labute approximate surface area is 143 Å². The van der Waals surface area contributed by atoms with E-state index in [1.165, 1.54) is 14.2 Å². The average Bonchev–Trinajstić information content (AvgIpc) is 2.56. The largest absolute Gasteiger partial charge is 0.590 e. The van der Waals surface area contributed by atoms with Crippen LogP contribution < -0.4 is 9.47 Å². The summed E-state index contributed by atoms with van der Waals surface area (Å²) in [6.45, 7) is 0. The molecule has 6 N–H and O–H groups in total. The van der Waals surface area contributed by atoms with Gasteiger partial charge in [0.25, 0.3) is 0 Å². The number of para-hydroxylation sites is 2. The van der Waals surface area contributed by atoms with Crippen LogP contribution in [0.1, 0.15) is 11.1 Å². The molecule has 0 heterocycles. The van der Waals surface area contributed by atoms with Crippen LogP contribution in [0, 0.1) is 0 Å². The van der Waals surface area contributed by atoms with Crippen molar-refractivity contribution in [2.75, 3.05) is 14.2 Å². The minimum absolute atomic E-state index is 0. The standard InChI is InChI=1S/2C8H8O3.Ni/c2*1-11-7-4-2-3-6(5-9)8(7)10;/h2*2-5,10H,1H3;/p+4. The molecule has 23 heavy (non-hydrogen) atoms. The van der Waals surface area contributed by atoms with Crippen LogP contribution >= 0.6 is 0 Å². The van der Waals surface area contributed by atoms with Gasteiger partial charge < -0.3 is 19.7 Å². The summed E-state index contributed by atoms with van der Waals surface area (Å²) in [4.78, 5) is 17.3. The number of carbonyl (C=O) groups excluding carboxylic acids is 2. The Kier molecular flexibility index (Phi) is 9.12. The van der Waals surface area contributed by atoms with Gasteiger partial charge in [-0.15, -0.1) is 0 Å². The first-order valence-electron chi connectivity index (χ1n) is 6.31. The van der Waals surface area contributed by atoms with Crippen LogP contribution in [0.4, 0.5) is 0 Å². The Bertz CT molecular complexity index is 600. The second kappa shape index (κ2) is 10.2. The number of hydrogen-bond donors (Lipinski definition) is 0. The molecule has 0 unspecified atom stereocenters. The summed E-state index contributed by atoms with van der Waals surface area (Å²) in [5, 5.41) is 14.9. The molecule has 2 aromatic carbocycles. The van der Waals surface area contributed by atoms with Gasteiger partial charge in [0.15, 0.2) is 11.1 Å². The molecule has 0 aromatic heterocycles. The second-order valence-corrected chi connectivity index (χ2v) is 4.11. The summed E-state index contributed by atoms with van der Waals surface area (Å²) in [5.41, 5.74) is 0.925. The van der Waals surface area contributed by atoms with E-state index >= 15 is 0 Å². The van der Waals surface area contributed by atoms with E-state index < -0.39 is 0 Å². The first-order chi connectivity index (χ1) is 10.6. The maximum atomic E-state index is 8.64. The molecule has 6 nitrogen and oxygen atoms in total. The number of methoxy groups -OCH3 is 2. The molecule has 0 aliphatic heterocycles. The first kappa shape index (κ1) is 20.5. The number of benzene rings is 2. The van der Waals surface area contributed by atoms with Crippen molar-refractivity contribution in [3.63, 3.8) is 0 Å². The number of hydrogen-bond acceptors (Lipinski definition) is 2. The van der Waals surface area contributed by atoms with Gasteiger partial charge in [-0.05, 0) is 24.3 Å². The zero-order valence-electron chi connectivity index (χ0n) is 12.6. The number of rotatable bonds is 4. The van der Waals surface area contributed by atoms with Gasteiger partial charge in [0.1, 0.15) is 0 Å². The topological polar surface area (TPSA) is 107 Å². The van der Waals surface area contributed by atoms with Crippen LogP contribution in [0.25, 0.3) is 0 Å². The molecule has 0 saturated carbocycles. The van der Waals surface area contributed by atoms with Crippen molar-refractivity contribution in [1.82, 2.24) is 0 Å². The minimum Gasteiger partial charge on any atom is -0.590 e. The molecular weight excluding hydrogens is 347 g/mol. The van der Waals surface area contributed by atoms with E-state index in [2.05, 4.69) is 0 Å². The second-order valence-electron chi connectivity index (χ2n) is 4.11. The Morgan fingerprint density at radius 2 is 1.13 bits per heavy atom. The molecule has 0 fully saturated rings. The van der Waals surface area contributed by atoms with Crippen molar-refractivity contribution in [2.45, 2.75) is 0 Å². The van der Waals surface area contributed by atoms with Crippen LogP contribution in [0.5, 0.6) is 23.0 Å². The fourth-order valence-electron chi connectivity index (χ4n) is 1.65. The van der Waals surface area contributed by atoms with Crippen LogP contribution in [-0.4, -0.2) is 46.6 Å². The molecule has 0 bridgehead atoms. The summed E-state index contributed by atoms with van der Waals surface area (Å²) in [6.07, 6.45) is 1.79. The molecule has 0 spiro atoms. The van der Waals surface area contributed by atoms with Crippen molar-refractivity contribution in [3.8, 4) is 23.0 Å². The Morgan fingerprint density at radius 1 is 0.783 bits per heavy atom. The van der Waals surface area contributed by atoms with E-state index in [0.29, 0.717) is 22.6 Å². The van der Waals surface area contributed by atoms with E-state index in [9.17, 15) is 0 Å². The molecule has 126 valence electrons. The molecule has 0 amide bonds. The molecule has 2 aromatic rings. The van der Waals surface area contributed by atoms with Crippen molar-refractivity contribution in [3.05, 3.63) is 47.5 Å². The summed E-state index contributed by atoms with van der Waals surface area (Å²) in [7, 11) is 2.99. The average molecular weight is 367 g/mol. The van der Waals surface area contributed by atoms with Gasteiger partial charge in [-0.1, -0.05) is 12.1 Å². The number of ether oxygens (including phenoxy) is 2. The van der Waals surface area contributed by atoms with Crippen molar-refractivity contribution < 1.29 is 45.8 Å². The van der Waals surface area contributed by atoms with Gasteiger partial charge in [-0.3, -0.25) is 9.59 Å². The van der Waals surface area contributed by atoms with Crippen LogP contribution in [-0.2, 0) is 16.5 Å². The van der Waals surface area contributed by atoms with Crippen molar-refractivity contribution >= 4 is 12.6 Å². The zero-order valence-corrected chi connectivity index (χ0v) is 13.6. The van der Waals surface area contributed by atoms with Gasteiger partial charge in [-0.25, -0.2) is 0 Å². The van der Waals surface area contributed by atoms with Crippen molar-refractivity contribution in [2.24, 2.45) is 0 Å². The van der Waals surface area contributed by atoms with Crippen LogP contribution in [0.2, 0.25) is 0 Å². The molecule has 0 radical (unpaired) electrons. The van der Waals surface area contributed by atoms with Crippen molar-refractivity contribution in [1.29, 1.82) is 0 Å². The first-order valence-corrected chi connectivity index (χ1v) is 6.31. The normalized spacial score (nSPS) is 8.78. The molecule has 2 rings (SSSR count). The predicted octanol–water partition coefficient (Wildman–Crippen LogP) is 1.31. The Hall–Kier alpha value is -2.53. The Morgan fingerprint density at radius 3 is 1.39 bits per heavy atom. The molecule has 0 atom stereocenters. The fraction of sp³-hybridized carbons (Fsp3) is 0.125. The third kappa shape index (κ3) is 5.31. The maximum Gasteiger partial charge on any atom is 0.321 e. The summed E-state index contributed by atoms with van der Waals surface area (Å²) >= 11 is 0. The van der Waals surface area contributed by atoms with E-state index in [1.807, 2.05) is 0 Å². The van der Waals surface area contributed by atoms with Gasteiger partial charge in [0.2, 0.25) is 11.5 Å². The van der Waals surface area contributed by atoms with Gasteiger partial charge in [0.05, 0.1) is 14.2 Å². The quantitative estimate of drug-likeness (QED) is 0.462. The van der Waals surface area contributed by atoms with E-state index in [-0.39, 0.29) is 28.0 Å². The molecule has 0 saturated heterocycles. The summed E-state index contributed by atoms with van der Waals surface area (Å²) in [5.74, 6) is 1.34. The van der Waals surface area contributed by atoms with Crippen LogP contribution in [0.15, 0.2) is 36.4 Å². The van der Waals surface area contributed by atoms with Crippen LogP contribution in [0.3, 0.4) is 0 Å². The zero-order chi connectivity index (χ0) is 16.5. The molecule has 7 heteroatoms. The van der Waals surface area contributed by atoms with E-state index in [0.717, 1.165) is 12.6 Å². The third-order valence-electron chi connectivity index (χ3n) is 2.83. The smallest absolute Gasteiger partial charge is 0.321 e. The maximum absolute atomic E-state index is 8.64. The minimum atomic E-state index is 0. The van der Waals surface area contributed by atoms with E-state index in [1.54, 1.807) is 36.4 Å². The number of aldehydes is 2. The van der Waals surface area contributed by atoms with Gasteiger partial charge in [0, 0.05) is 16.5 Å². The molecule has 0 aliphatic rings.